The molecule has 256 valence electrons. The highest BCUT2D eigenvalue weighted by Gasteiger charge is 2.93. The number of carbonyl (C=O) groups excluding carboxylic acids is 2. The Labute approximate surface area is 280 Å². The van der Waals surface area contributed by atoms with Crippen LogP contribution < -0.4 is 0 Å². The Morgan fingerprint density at radius 2 is 1.67 bits per heavy atom. The normalized spacial score (nSPS) is 46.2. The fourth-order valence-electron chi connectivity index (χ4n) is 10.2. The molecule has 3 heterocycles. The lowest BCUT2D eigenvalue weighted by molar-refractivity contribution is -0.450. The molecule has 12 atom stereocenters. The number of esters is 1. The second kappa shape index (κ2) is 10.5. The summed E-state index contributed by atoms with van der Waals surface area (Å²) in [5.41, 5.74) is -6.71. The number of hydrogen-bond acceptors (Lipinski definition) is 10. The molecule has 48 heavy (non-hydrogen) atoms. The van der Waals surface area contributed by atoms with Gasteiger partial charge in [-0.3, -0.25) is 9.59 Å². The summed E-state index contributed by atoms with van der Waals surface area (Å²) in [5.74, 6) is -4.64. The van der Waals surface area contributed by atoms with Gasteiger partial charge in [-0.05, 0) is 43.7 Å². The lowest BCUT2D eigenvalue weighted by Gasteiger charge is -2.65. The predicted octanol–water partition coefficient (Wildman–Crippen LogP) is 3.35. The molecular weight excluding hydrogens is 616 g/mol. The predicted molar refractivity (Wildman–Crippen MR) is 170 cm³/mol. The molecule has 0 spiro atoms. The van der Waals surface area contributed by atoms with Crippen molar-refractivity contribution >= 4 is 11.8 Å². The van der Waals surface area contributed by atoms with Crippen molar-refractivity contribution in [2.75, 3.05) is 6.61 Å². The topological polar surface area (TPSA) is 144 Å². The molecule has 10 nitrogen and oxygen atoms in total. The number of carbonyl (C=O) groups is 2. The smallest absolute Gasteiger partial charge is 0.313 e. The molecule has 0 amide bonds. The van der Waals surface area contributed by atoms with Gasteiger partial charge in [-0.25, -0.2) is 0 Å². The van der Waals surface area contributed by atoms with Crippen LogP contribution in [-0.2, 0) is 45.7 Å². The highest BCUT2D eigenvalue weighted by molar-refractivity contribution is 6.02. The van der Waals surface area contributed by atoms with E-state index in [-0.39, 0.29) is 12.3 Å². The largest absolute Gasteiger partial charge is 0.459 e. The van der Waals surface area contributed by atoms with Crippen LogP contribution in [0.1, 0.15) is 58.1 Å². The number of ketones is 1. The lowest BCUT2D eigenvalue weighted by Crippen LogP contribution is -2.80. The molecule has 2 saturated carbocycles. The Bertz CT molecular complexity index is 1650. The Morgan fingerprint density at radius 3 is 2.33 bits per heavy atom. The Kier molecular flexibility index (Phi) is 7.07. The van der Waals surface area contributed by atoms with E-state index in [4.69, 9.17) is 23.7 Å². The van der Waals surface area contributed by atoms with E-state index in [1.54, 1.807) is 13.0 Å². The molecule has 3 aliphatic heterocycles. The third-order valence-corrected chi connectivity index (χ3v) is 12.7. The van der Waals surface area contributed by atoms with E-state index >= 15 is 0 Å². The minimum atomic E-state index is -2.44. The van der Waals surface area contributed by atoms with E-state index < -0.39 is 88.4 Å². The van der Waals surface area contributed by atoms with E-state index in [0.717, 1.165) is 12.8 Å². The minimum absolute atomic E-state index is 0.189. The summed E-state index contributed by atoms with van der Waals surface area (Å²) < 4.78 is 34.0. The molecule has 3 aliphatic carbocycles. The molecule has 3 saturated heterocycles. The van der Waals surface area contributed by atoms with Crippen LogP contribution in [0.5, 0.6) is 0 Å². The average Bonchev–Trinajstić information content (AvgIpc) is 3.71. The van der Waals surface area contributed by atoms with Gasteiger partial charge in [-0.2, -0.15) is 0 Å². The second-order valence-electron chi connectivity index (χ2n) is 15.1. The highest BCUT2D eigenvalue weighted by atomic mass is 16.9. The zero-order chi connectivity index (χ0) is 33.9. The summed E-state index contributed by atoms with van der Waals surface area (Å²) >= 11 is 0. The standard InChI is InChI=1S/C38H44O10/c1-22(2)35-29(44-27(41)18-12-11-15-24-13-7-5-8-14-24)23(3)37-28(31(35)46-38(47-35,48-37)25-16-9-6-10-17-25)30-34(21-39,45-30)32(42)36(43)26(40)19-20-33(36,37)4/h5-10,13-14,16-17,19-20,22-23,28-32,39,42-43H,11-12,15,18,21H2,1-4H3/t23?,28-,29?,30-,31?,32+,33+,34-,35?,36+,37?,38?/m0/s1. The van der Waals surface area contributed by atoms with Gasteiger partial charge in [0.15, 0.2) is 11.4 Å². The van der Waals surface area contributed by atoms with Crippen LogP contribution in [-0.4, -0.2) is 80.5 Å². The van der Waals surface area contributed by atoms with Crippen LogP contribution in [0, 0.1) is 23.2 Å². The maximum atomic E-state index is 13.8. The number of fused-ring (bicyclic) bond motifs is 3. The number of hydrogen-bond donors (Lipinski definition) is 3. The number of aryl methyl sites for hydroxylation is 1. The number of unbranched alkanes of at least 4 members (excludes halogenated alkanes) is 1. The molecule has 0 aromatic heterocycles. The third kappa shape index (κ3) is 3.72. The van der Waals surface area contributed by atoms with Gasteiger partial charge in [0, 0.05) is 23.8 Å². The fourth-order valence-corrected chi connectivity index (χ4v) is 10.2. The van der Waals surface area contributed by atoms with Gasteiger partial charge in [0.1, 0.15) is 41.2 Å². The van der Waals surface area contributed by atoms with Crippen molar-refractivity contribution in [1.29, 1.82) is 0 Å². The van der Waals surface area contributed by atoms with E-state index in [9.17, 15) is 24.9 Å². The molecule has 2 aromatic carbocycles. The number of benzene rings is 2. The van der Waals surface area contributed by atoms with Crippen molar-refractivity contribution in [3.05, 3.63) is 83.9 Å². The molecule has 5 fully saturated rings. The highest BCUT2D eigenvalue weighted by Crippen LogP contribution is 2.76. The number of ether oxygens (including phenoxy) is 5. The first-order valence-corrected chi connectivity index (χ1v) is 17.2. The Hall–Kier alpha value is -2.96. The maximum Gasteiger partial charge on any atom is 0.313 e. The zero-order valence-electron chi connectivity index (χ0n) is 27.7. The zero-order valence-corrected chi connectivity index (χ0v) is 27.7. The van der Waals surface area contributed by atoms with E-state index in [1.807, 2.05) is 69.3 Å². The lowest BCUT2D eigenvalue weighted by atomic mass is 9.47. The summed E-state index contributed by atoms with van der Waals surface area (Å²) in [5, 5.41) is 35.2. The van der Waals surface area contributed by atoms with Gasteiger partial charge in [0.25, 0.3) is 0 Å². The first-order valence-electron chi connectivity index (χ1n) is 17.2. The number of rotatable bonds is 9. The van der Waals surface area contributed by atoms with Crippen LogP contribution >= 0.6 is 0 Å². The monoisotopic (exact) mass is 660 g/mol. The van der Waals surface area contributed by atoms with Crippen LogP contribution in [0.2, 0.25) is 0 Å². The van der Waals surface area contributed by atoms with E-state index in [1.165, 1.54) is 11.6 Å². The van der Waals surface area contributed by atoms with Gasteiger partial charge < -0.3 is 39.0 Å². The first kappa shape index (κ1) is 32.3. The van der Waals surface area contributed by atoms with Crippen molar-refractivity contribution < 1.29 is 48.6 Å². The van der Waals surface area contributed by atoms with Crippen molar-refractivity contribution in [3.8, 4) is 0 Å². The second-order valence-corrected chi connectivity index (χ2v) is 15.1. The molecular formula is C38H44O10. The van der Waals surface area contributed by atoms with Crippen molar-refractivity contribution in [2.24, 2.45) is 23.2 Å². The molecule has 2 aromatic rings. The van der Waals surface area contributed by atoms with E-state index in [2.05, 4.69) is 12.1 Å². The average molecular weight is 661 g/mol. The molecule has 6 aliphatic rings. The Morgan fingerprint density at radius 1 is 0.979 bits per heavy atom. The molecule has 3 bridgehead atoms. The first-order chi connectivity index (χ1) is 22.9. The molecule has 10 heteroatoms. The van der Waals surface area contributed by atoms with Crippen LogP contribution in [0.3, 0.4) is 0 Å². The maximum absolute atomic E-state index is 13.8. The van der Waals surface area contributed by atoms with Gasteiger partial charge in [0.05, 0.1) is 12.0 Å². The van der Waals surface area contributed by atoms with Crippen molar-refractivity contribution in [2.45, 2.75) is 106 Å². The van der Waals surface area contributed by atoms with E-state index in [0.29, 0.717) is 12.0 Å². The van der Waals surface area contributed by atoms with Crippen LogP contribution in [0.25, 0.3) is 0 Å². The summed E-state index contributed by atoms with van der Waals surface area (Å²) in [7, 11) is 0. The third-order valence-electron chi connectivity index (χ3n) is 12.7. The number of aliphatic hydroxyl groups is 3. The SMILES string of the molecule is CC(C)C12OC3(c4ccccc4)OC1[C@@H]1[C@@H]4O[C@]4(CO)[C@@H](O)[C@]4(O)C(=O)C=C[C@@]4(C)C1(O3)C(C)C2OC(=O)CCCCc1ccccc1. The summed E-state index contributed by atoms with van der Waals surface area (Å²) in [4.78, 5) is 27.5. The number of epoxide rings is 1. The fraction of sp³-hybridized carbons (Fsp3) is 0.579. The van der Waals surface area contributed by atoms with Gasteiger partial charge >= 0.3 is 11.9 Å². The van der Waals surface area contributed by atoms with Gasteiger partial charge in [0.2, 0.25) is 0 Å². The van der Waals surface area contributed by atoms with Gasteiger partial charge in [-0.15, -0.1) is 0 Å². The van der Waals surface area contributed by atoms with Crippen LogP contribution in [0.4, 0.5) is 0 Å². The van der Waals surface area contributed by atoms with Gasteiger partial charge in [-0.1, -0.05) is 87.5 Å². The minimum Gasteiger partial charge on any atom is -0.459 e. The molecule has 8 rings (SSSR count). The quantitative estimate of drug-likeness (QED) is 0.208. The summed E-state index contributed by atoms with van der Waals surface area (Å²) in [6.07, 6.45) is 0.916. The van der Waals surface area contributed by atoms with Crippen LogP contribution in [0.15, 0.2) is 72.8 Å². The molecule has 3 N–H and O–H groups in total. The summed E-state index contributed by atoms with van der Waals surface area (Å²) in [6, 6.07) is 19.3. The molecule has 0 radical (unpaired) electrons. The molecule has 6 unspecified atom stereocenters. The Balaban J connectivity index is 1.25. The summed E-state index contributed by atoms with van der Waals surface area (Å²) in [6.45, 7) is 6.92. The van der Waals surface area contributed by atoms with Crippen molar-refractivity contribution in [3.63, 3.8) is 0 Å². The number of aliphatic hydroxyl groups excluding tert-OH is 2. The van der Waals surface area contributed by atoms with Crippen molar-refractivity contribution in [1.82, 2.24) is 0 Å².